The molecule has 0 saturated carbocycles. The second-order valence-corrected chi connectivity index (χ2v) is 3.58. The van der Waals surface area contributed by atoms with E-state index in [1.807, 2.05) is 18.2 Å². The van der Waals surface area contributed by atoms with Crippen LogP contribution in [0.2, 0.25) is 0 Å². The number of nitrogens with zero attached hydrogens (tertiary/aromatic N) is 2. The van der Waals surface area contributed by atoms with Gasteiger partial charge in [0.05, 0.1) is 23.7 Å². The van der Waals surface area contributed by atoms with Crippen LogP contribution in [0.15, 0.2) is 24.3 Å². The summed E-state index contributed by atoms with van der Waals surface area (Å²) in [6, 6.07) is 8.11. The number of nitrogens with one attached hydrogen (secondary N) is 1. The topological polar surface area (TPSA) is 55.9 Å². The average molecular weight is 188 g/mol. The second-order valence-electron chi connectivity index (χ2n) is 3.58. The van der Waals surface area contributed by atoms with E-state index in [0.29, 0.717) is 0 Å². The Morgan fingerprint density at radius 2 is 2.29 bits per heavy atom. The third kappa shape index (κ3) is 0.981. The van der Waals surface area contributed by atoms with Crippen LogP contribution in [0.25, 0.3) is 11.0 Å². The van der Waals surface area contributed by atoms with E-state index in [1.54, 1.807) is 0 Å². The number of nitrogens with two attached hydrogens (primary N) is 1. The molecule has 4 nitrogen and oxygen atoms in total. The SMILES string of the molecule is NC1CNCc2nc3ccccc3n21. The highest BCUT2D eigenvalue weighted by Crippen LogP contribution is 2.20. The van der Waals surface area contributed by atoms with Crippen LogP contribution in [0.5, 0.6) is 0 Å². The molecule has 1 aliphatic rings. The number of imidazole rings is 1. The van der Waals surface area contributed by atoms with E-state index in [-0.39, 0.29) is 6.17 Å². The van der Waals surface area contributed by atoms with Gasteiger partial charge in [0.2, 0.25) is 0 Å². The van der Waals surface area contributed by atoms with E-state index in [0.717, 1.165) is 29.9 Å². The van der Waals surface area contributed by atoms with Gasteiger partial charge in [-0.15, -0.1) is 0 Å². The summed E-state index contributed by atoms with van der Waals surface area (Å²) >= 11 is 0. The number of hydrogen-bond donors (Lipinski definition) is 2. The van der Waals surface area contributed by atoms with E-state index in [1.165, 1.54) is 0 Å². The van der Waals surface area contributed by atoms with Crippen LogP contribution < -0.4 is 11.1 Å². The molecule has 1 unspecified atom stereocenters. The lowest BCUT2D eigenvalue weighted by Gasteiger charge is -2.22. The maximum Gasteiger partial charge on any atom is 0.125 e. The van der Waals surface area contributed by atoms with Gasteiger partial charge in [-0.05, 0) is 12.1 Å². The van der Waals surface area contributed by atoms with Gasteiger partial charge >= 0.3 is 0 Å². The van der Waals surface area contributed by atoms with Gasteiger partial charge in [-0.1, -0.05) is 12.1 Å². The molecule has 1 aromatic carbocycles. The second kappa shape index (κ2) is 2.80. The van der Waals surface area contributed by atoms with E-state index < -0.39 is 0 Å². The molecule has 0 amide bonds. The Morgan fingerprint density at radius 1 is 1.43 bits per heavy atom. The Bertz CT molecular complexity index is 474. The first-order valence-electron chi connectivity index (χ1n) is 4.78. The van der Waals surface area contributed by atoms with Gasteiger partial charge in [0.1, 0.15) is 5.82 Å². The number of rotatable bonds is 0. The molecule has 4 heteroatoms. The molecular weight excluding hydrogens is 176 g/mol. The molecule has 1 atom stereocenters. The van der Waals surface area contributed by atoms with Crippen molar-refractivity contribution in [2.75, 3.05) is 6.54 Å². The van der Waals surface area contributed by atoms with Crippen molar-refractivity contribution >= 4 is 11.0 Å². The largest absolute Gasteiger partial charge is 0.310 e. The van der Waals surface area contributed by atoms with Crippen molar-refractivity contribution in [2.45, 2.75) is 12.7 Å². The summed E-state index contributed by atoms with van der Waals surface area (Å²) in [5, 5.41) is 3.24. The molecule has 2 heterocycles. The lowest BCUT2D eigenvalue weighted by atomic mass is 10.3. The zero-order valence-electron chi connectivity index (χ0n) is 7.77. The highest BCUT2D eigenvalue weighted by molar-refractivity contribution is 5.76. The van der Waals surface area contributed by atoms with Crippen LogP contribution in [-0.2, 0) is 6.54 Å². The van der Waals surface area contributed by atoms with Crippen LogP contribution in [0.3, 0.4) is 0 Å². The molecule has 72 valence electrons. The summed E-state index contributed by atoms with van der Waals surface area (Å²) in [5.41, 5.74) is 8.18. The van der Waals surface area contributed by atoms with Crippen molar-refractivity contribution in [1.82, 2.24) is 14.9 Å². The zero-order chi connectivity index (χ0) is 9.54. The predicted octanol–water partition coefficient (Wildman–Crippen LogP) is 0.597. The van der Waals surface area contributed by atoms with Crippen molar-refractivity contribution in [3.8, 4) is 0 Å². The molecule has 0 fully saturated rings. The lowest BCUT2D eigenvalue weighted by Crippen LogP contribution is -2.37. The maximum atomic E-state index is 6.02. The highest BCUT2D eigenvalue weighted by atomic mass is 15.2. The minimum absolute atomic E-state index is 0.00569. The third-order valence-electron chi connectivity index (χ3n) is 2.64. The zero-order valence-corrected chi connectivity index (χ0v) is 7.77. The molecule has 0 radical (unpaired) electrons. The Morgan fingerprint density at radius 3 is 3.21 bits per heavy atom. The number of para-hydroxylation sites is 2. The molecular formula is C10H12N4. The quantitative estimate of drug-likeness (QED) is 0.636. The minimum Gasteiger partial charge on any atom is -0.310 e. The molecule has 2 aromatic rings. The first-order chi connectivity index (χ1) is 6.86. The van der Waals surface area contributed by atoms with Crippen molar-refractivity contribution in [1.29, 1.82) is 0 Å². The minimum atomic E-state index is 0.00569. The van der Waals surface area contributed by atoms with Crippen LogP contribution in [-0.4, -0.2) is 16.1 Å². The number of hydrogen-bond acceptors (Lipinski definition) is 3. The van der Waals surface area contributed by atoms with Gasteiger partial charge in [0.15, 0.2) is 0 Å². The fourth-order valence-electron chi connectivity index (χ4n) is 2.01. The van der Waals surface area contributed by atoms with Gasteiger partial charge in [-0.25, -0.2) is 4.98 Å². The van der Waals surface area contributed by atoms with Crippen molar-refractivity contribution < 1.29 is 0 Å². The van der Waals surface area contributed by atoms with Gasteiger partial charge < -0.3 is 15.6 Å². The van der Waals surface area contributed by atoms with Crippen LogP contribution in [0.4, 0.5) is 0 Å². The molecule has 0 aliphatic carbocycles. The molecule has 0 saturated heterocycles. The summed E-state index contributed by atoms with van der Waals surface area (Å²) in [7, 11) is 0. The molecule has 3 rings (SSSR count). The van der Waals surface area contributed by atoms with Gasteiger partial charge in [0.25, 0.3) is 0 Å². The number of aromatic nitrogens is 2. The normalized spacial score (nSPS) is 21.1. The Balaban J connectivity index is 2.34. The molecule has 14 heavy (non-hydrogen) atoms. The van der Waals surface area contributed by atoms with Gasteiger partial charge in [-0.2, -0.15) is 0 Å². The summed E-state index contributed by atoms with van der Waals surface area (Å²) in [6.45, 7) is 1.62. The smallest absolute Gasteiger partial charge is 0.125 e. The molecule has 1 aliphatic heterocycles. The fraction of sp³-hybridized carbons (Fsp3) is 0.300. The molecule has 0 bridgehead atoms. The van der Waals surface area contributed by atoms with E-state index in [9.17, 15) is 0 Å². The maximum absolute atomic E-state index is 6.02. The summed E-state index contributed by atoms with van der Waals surface area (Å²) in [6.07, 6.45) is 0.00569. The molecule has 0 spiro atoms. The summed E-state index contributed by atoms with van der Waals surface area (Å²) in [5.74, 6) is 1.03. The average Bonchev–Trinajstić information content (AvgIpc) is 2.57. The van der Waals surface area contributed by atoms with Gasteiger partial charge in [0, 0.05) is 6.54 Å². The Hall–Kier alpha value is -1.39. The first kappa shape index (κ1) is 7.96. The summed E-state index contributed by atoms with van der Waals surface area (Å²) in [4.78, 5) is 4.52. The summed E-state index contributed by atoms with van der Waals surface area (Å²) < 4.78 is 2.12. The van der Waals surface area contributed by atoms with E-state index in [4.69, 9.17) is 5.73 Å². The van der Waals surface area contributed by atoms with Crippen molar-refractivity contribution in [3.05, 3.63) is 30.1 Å². The van der Waals surface area contributed by atoms with Crippen LogP contribution in [0, 0.1) is 0 Å². The van der Waals surface area contributed by atoms with Crippen molar-refractivity contribution in [2.24, 2.45) is 5.73 Å². The predicted molar refractivity (Wildman–Crippen MR) is 54.7 cm³/mol. The van der Waals surface area contributed by atoms with E-state index >= 15 is 0 Å². The van der Waals surface area contributed by atoms with Crippen LogP contribution >= 0.6 is 0 Å². The Labute approximate surface area is 81.7 Å². The van der Waals surface area contributed by atoms with Crippen LogP contribution in [0.1, 0.15) is 12.0 Å². The standard InChI is InChI=1S/C10H12N4/c11-9-5-12-6-10-13-7-3-1-2-4-8(7)14(9)10/h1-4,9,12H,5-6,11H2. The lowest BCUT2D eigenvalue weighted by molar-refractivity contribution is 0.415. The monoisotopic (exact) mass is 188 g/mol. The molecule has 3 N–H and O–H groups in total. The fourth-order valence-corrected chi connectivity index (χ4v) is 2.01. The van der Waals surface area contributed by atoms with Crippen molar-refractivity contribution in [3.63, 3.8) is 0 Å². The highest BCUT2D eigenvalue weighted by Gasteiger charge is 2.19. The molecule has 1 aromatic heterocycles. The Kier molecular flexibility index (Phi) is 1.59. The van der Waals surface area contributed by atoms with Gasteiger partial charge in [-0.3, -0.25) is 0 Å². The first-order valence-corrected chi connectivity index (χ1v) is 4.78. The number of fused-ring (bicyclic) bond motifs is 3. The number of benzene rings is 1. The van der Waals surface area contributed by atoms with E-state index in [2.05, 4.69) is 20.9 Å². The third-order valence-corrected chi connectivity index (χ3v) is 2.64.